The fraction of sp³-hybridized carbons (Fsp3) is 0.812. The lowest BCUT2D eigenvalue weighted by atomic mass is 10.1. The molecule has 0 aliphatic carbocycles. The van der Waals surface area contributed by atoms with Crippen molar-refractivity contribution in [3.63, 3.8) is 0 Å². The van der Waals surface area contributed by atoms with Gasteiger partial charge in [0.1, 0.15) is 5.60 Å². The van der Waals surface area contributed by atoms with Crippen LogP contribution in [0.25, 0.3) is 0 Å². The number of nitriles is 1. The van der Waals surface area contributed by atoms with Gasteiger partial charge in [0, 0.05) is 32.2 Å². The van der Waals surface area contributed by atoms with Crippen molar-refractivity contribution in [3.8, 4) is 6.07 Å². The molecule has 7 nitrogen and oxygen atoms in total. The molecule has 1 rings (SSSR count). The summed E-state index contributed by atoms with van der Waals surface area (Å²) < 4.78 is 5.35. The monoisotopic (exact) mass is 324 g/mol. The van der Waals surface area contributed by atoms with Gasteiger partial charge in [0.15, 0.2) is 0 Å². The number of piperazine rings is 1. The van der Waals surface area contributed by atoms with Gasteiger partial charge in [0.2, 0.25) is 5.91 Å². The lowest BCUT2D eigenvalue weighted by Gasteiger charge is -2.35. The number of amides is 2. The fourth-order valence-corrected chi connectivity index (χ4v) is 2.30. The summed E-state index contributed by atoms with van der Waals surface area (Å²) in [6.45, 7) is 10.2. The summed E-state index contributed by atoms with van der Waals surface area (Å²) in [7, 11) is 0. The predicted molar refractivity (Wildman–Crippen MR) is 86.7 cm³/mol. The van der Waals surface area contributed by atoms with Crippen molar-refractivity contribution in [2.75, 3.05) is 32.7 Å². The number of carbonyl (C=O) groups excluding carboxylic acids is 2. The van der Waals surface area contributed by atoms with E-state index in [0.29, 0.717) is 39.1 Å². The van der Waals surface area contributed by atoms with Crippen molar-refractivity contribution in [2.45, 2.75) is 52.2 Å². The minimum Gasteiger partial charge on any atom is -0.444 e. The molecule has 2 amide bonds. The van der Waals surface area contributed by atoms with Crippen molar-refractivity contribution in [2.24, 2.45) is 0 Å². The van der Waals surface area contributed by atoms with Gasteiger partial charge in [-0.15, -0.1) is 0 Å². The van der Waals surface area contributed by atoms with E-state index in [1.54, 1.807) is 4.90 Å². The highest BCUT2D eigenvalue weighted by Crippen LogP contribution is 2.11. The van der Waals surface area contributed by atoms with E-state index >= 15 is 0 Å². The minimum atomic E-state index is -0.496. The third kappa shape index (κ3) is 7.33. The van der Waals surface area contributed by atoms with Gasteiger partial charge in [-0.05, 0) is 27.2 Å². The first kappa shape index (κ1) is 19.2. The van der Waals surface area contributed by atoms with Gasteiger partial charge in [0.25, 0.3) is 0 Å². The number of rotatable bonds is 5. The molecule has 0 aromatic carbocycles. The summed E-state index contributed by atoms with van der Waals surface area (Å²) in [5.74, 6) is -0.0715. The maximum Gasteiger partial charge on any atom is 0.410 e. The lowest BCUT2D eigenvalue weighted by Crippen LogP contribution is -2.52. The second kappa shape index (κ2) is 8.73. The Morgan fingerprint density at radius 1 is 1.26 bits per heavy atom. The molecule has 0 radical (unpaired) electrons. The van der Waals surface area contributed by atoms with Crippen LogP contribution in [-0.4, -0.2) is 66.2 Å². The number of nitrogens with zero attached hydrogens (tertiary/aromatic N) is 3. The Hall–Kier alpha value is -1.81. The Morgan fingerprint density at radius 2 is 1.87 bits per heavy atom. The quantitative estimate of drug-likeness (QED) is 0.825. The molecule has 0 saturated carbocycles. The molecule has 0 aromatic rings. The van der Waals surface area contributed by atoms with Gasteiger partial charge in [0.05, 0.1) is 19.0 Å². The average Bonchev–Trinajstić information content (AvgIpc) is 2.45. The van der Waals surface area contributed by atoms with Crippen LogP contribution in [0.2, 0.25) is 0 Å². The predicted octanol–water partition coefficient (Wildman–Crippen LogP) is 1.35. The standard InChI is InChI=1S/C16H28N4O3/c1-5-13(6-7-17)18-14(21)12-19-8-10-20(11-9-19)15(22)23-16(2,3)4/h13H,5-6,8-12H2,1-4H3,(H,18,21). The third-order valence-electron chi connectivity index (χ3n) is 3.59. The van der Waals surface area contributed by atoms with Crippen LogP contribution in [0.3, 0.4) is 0 Å². The molecule has 1 heterocycles. The van der Waals surface area contributed by atoms with Crippen LogP contribution in [0, 0.1) is 11.3 Å². The molecular weight excluding hydrogens is 296 g/mol. The van der Waals surface area contributed by atoms with E-state index in [0.717, 1.165) is 6.42 Å². The largest absolute Gasteiger partial charge is 0.444 e. The van der Waals surface area contributed by atoms with Crippen molar-refractivity contribution < 1.29 is 14.3 Å². The van der Waals surface area contributed by atoms with Crippen LogP contribution >= 0.6 is 0 Å². The van der Waals surface area contributed by atoms with Crippen molar-refractivity contribution in [1.82, 2.24) is 15.1 Å². The molecule has 1 aliphatic heterocycles. The van der Waals surface area contributed by atoms with Gasteiger partial charge in [-0.1, -0.05) is 6.92 Å². The van der Waals surface area contributed by atoms with E-state index in [2.05, 4.69) is 11.4 Å². The Bertz CT molecular complexity index is 445. The first-order chi connectivity index (χ1) is 10.7. The molecule has 1 atom stereocenters. The van der Waals surface area contributed by atoms with Gasteiger partial charge in [-0.2, -0.15) is 5.26 Å². The average molecular weight is 324 g/mol. The summed E-state index contributed by atoms with van der Waals surface area (Å²) >= 11 is 0. The maximum absolute atomic E-state index is 12.0. The zero-order chi connectivity index (χ0) is 17.5. The highest BCUT2D eigenvalue weighted by Gasteiger charge is 2.26. The molecule has 0 bridgehead atoms. The summed E-state index contributed by atoms with van der Waals surface area (Å²) in [4.78, 5) is 27.6. The van der Waals surface area contributed by atoms with E-state index in [1.807, 2.05) is 32.6 Å². The normalized spacial score (nSPS) is 17.3. The zero-order valence-electron chi connectivity index (χ0n) is 14.6. The van der Waals surface area contributed by atoms with E-state index < -0.39 is 5.60 Å². The SMILES string of the molecule is CCC(CC#N)NC(=O)CN1CCN(C(=O)OC(C)(C)C)CC1. The smallest absolute Gasteiger partial charge is 0.410 e. The molecule has 1 aliphatic rings. The number of nitrogens with one attached hydrogen (secondary N) is 1. The minimum absolute atomic E-state index is 0.0715. The summed E-state index contributed by atoms with van der Waals surface area (Å²) in [5.41, 5.74) is -0.496. The fourth-order valence-electron chi connectivity index (χ4n) is 2.30. The molecule has 1 saturated heterocycles. The Balaban J connectivity index is 2.35. The number of hydrogen-bond acceptors (Lipinski definition) is 5. The van der Waals surface area contributed by atoms with Crippen LogP contribution < -0.4 is 5.32 Å². The lowest BCUT2D eigenvalue weighted by molar-refractivity contribution is -0.123. The van der Waals surface area contributed by atoms with Crippen molar-refractivity contribution in [1.29, 1.82) is 5.26 Å². The first-order valence-corrected chi connectivity index (χ1v) is 8.11. The summed E-state index contributed by atoms with van der Waals surface area (Å²) in [6, 6.07) is 1.99. The highest BCUT2D eigenvalue weighted by molar-refractivity contribution is 5.78. The molecule has 130 valence electrons. The molecular formula is C16H28N4O3. The third-order valence-corrected chi connectivity index (χ3v) is 3.59. The van der Waals surface area contributed by atoms with Crippen molar-refractivity contribution in [3.05, 3.63) is 0 Å². The van der Waals surface area contributed by atoms with Crippen LogP contribution in [-0.2, 0) is 9.53 Å². The van der Waals surface area contributed by atoms with Gasteiger partial charge < -0.3 is 15.0 Å². The zero-order valence-corrected chi connectivity index (χ0v) is 14.6. The Kier molecular flexibility index (Phi) is 7.30. The maximum atomic E-state index is 12.0. The van der Waals surface area contributed by atoms with Crippen LogP contribution in [0.5, 0.6) is 0 Å². The van der Waals surface area contributed by atoms with Gasteiger partial charge >= 0.3 is 6.09 Å². The Morgan fingerprint density at radius 3 is 2.35 bits per heavy atom. The molecule has 1 fully saturated rings. The molecule has 7 heteroatoms. The Labute approximate surface area is 138 Å². The number of carbonyl (C=O) groups is 2. The summed E-state index contributed by atoms with van der Waals surface area (Å²) in [6.07, 6.45) is 0.766. The van der Waals surface area contributed by atoms with E-state index in [4.69, 9.17) is 10.00 Å². The number of hydrogen-bond donors (Lipinski definition) is 1. The molecule has 0 spiro atoms. The molecule has 23 heavy (non-hydrogen) atoms. The van der Waals surface area contributed by atoms with Crippen LogP contribution in [0.1, 0.15) is 40.5 Å². The van der Waals surface area contributed by atoms with Gasteiger partial charge in [-0.3, -0.25) is 9.69 Å². The molecule has 0 aromatic heterocycles. The van der Waals surface area contributed by atoms with E-state index in [1.165, 1.54) is 0 Å². The second-order valence-electron chi connectivity index (χ2n) is 6.78. The highest BCUT2D eigenvalue weighted by atomic mass is 16.6. The first-order valence-electron chi connectivity index (χ1n) is 8.11. The van der Waals surface area contributed by atoms with E-state index in [-0.39, 0.29) is 18.0 Å². The molecule has 1 N–H and O–H groups in total. The second-order valence-corrected chi connectivity index (χ2v) is 6.78. The molecule has 1 unspecified atom stereocenters. The van der Waals surface area contributed by atoms with Crippen LogP contribution in [0.4, 0.5) is 4.79 Å². The number of ether oxygens (including phenoxy) is 1. The van der Waals surface area contributed by atoms with Crippen LogP contribution in [0.15, 0.2) is 0 Å². The van der Waals surface area contributed by atoms with Crippen molar-refractivity contribution >= 4 is 12.0 Å². The topological polar surface area (TPSA) is 85.7 Å². The van der Waals surface area contributed by atoms with E-state index in [9.17, 15) is 9.59 Å². The van der Waals surface area contributed by atoms with Gasteiger partial charge in [-0.25, -0.2) is 4.79 Å². The summed E-state index contributed by atoms with van der Waals surface area (Å²) in [5, 5.41) is 11.6.